The summed E-state index contributed by atoms with van der Waals surface area (Å²) in [6.45, 7) is 0.0916. The van der Waals surface area contributed by atoms with Crippen LogP contribution in [0.15, 0.2) is 94.8 Å². The molecule has 41 heavy (non-hydrogen) atoms. The maximum atomic E-state index is 14.2. The van der Waals surface area contributed by atoms with Crippen molar-refractivity contribution in [2.24, 2.45) is 0 Å². The normalized spacial score (nSPS) is 11.6. The Morgan fingerprint density at radius 1 is 0.878 bits per heavy atom. The molecule has 0 atom stereocenters. The van der Waals surface area contributed by atoms with Gasteiger partial charge < -0.3 is 14.5 Å². The number of amides is 1. The standard InChI is InChI=1S/C29H17ClF5N3O3/c30-17-3-1-16(2-4-17)15-37-11-9-24-26(28(37)41)25(39)10-12-38(24)23-8-6-19(14-21(23)29(33,34)35)36-27(40)20-13-18(31)5-7-22(20)32/h1-14H,15H2,(H,36,40). The van der Waals surface area contributed by atoms with Gasteiger partial charge in [-0.05, 0) is 60.2 Å². The number of nitrogens with zero attached hydrogens (tertiary/aromatic N) is 2. The number of halogens is 6. The fraction of sp³-hybridized carbons (Fsp3) is 0.0690. The molecule has 0 saturated heterocycles. The average molecular weight is 586 g/mol. The lowest BCUT2D eigenvalue weighted by Gasteiger charge is -2.19. The molecule has 0 fully saturated rings. The summed E-state index contributed by atoms with van der Waals surface area (Å²) < 4.78 is 72.4. The third-order valence-electron chi connectivity index (χ3n) is 6.28. The number of hydrogen-bond acceptors (Lipinski definition) is 3. The Morgan fingerprint density at radius 2 is 1.61 bits per heavy atom. The van der Waals surface area contributed by atoms with E-state index in [2.05, 4.69) is 5.32 Å². The number of aromatic nitrogens is 2. The van der Waals surface area contributed by atoms with E-state index in [0.717, 1.165) is 41.1 Å². The molecule has 0 aliphatic carbocycles. The van der Waals surface area contributed by atoms with Crippen LogP contribution in [0.3, 0.4) is 0 Å². The number of alkyl halides is 3. The molecule has 0 unspecified atom stereocenters. The molecule has 2 heterocycles. The maximum Gasteiger partial charge on any atom is 0.418 e. The monoisotopic (exact) mass is 585 g/mol. The van der Waals surface area contributed by atoms with Gasteiger partial charge in [0.25, 0.3) is 11.5 Å². The van der Waals surface area contributed by atoms with E-state index in [1.54, 1.807) is 24.3 Å². The van der Waals surface area contributed by atoms with E-state index in [9.17, 15) is 36.3 Å². The summed E-state index contributed by atoms with van der Waals surface area (Å²) in [6.07, 6.45) is -2.47. The van der Waals surface area contributed by atoms with Gasteiger partial charge in [0.15, 0.2) is 5.43 Å². The third-order valence-corrected chi connectivity index (χ3v) is 6.53. The van der Waals surface area contributed by atoms with Gasteiger partial charge in [-0.1, -0.05) is 23.7 Å². The van der Waals surface area contributed by atoms with Gasteiger partial charge >= 0.3 is 6.18 Å². The van der Waals surface area contributed by atoms with Gasteiger partial charge in [-0.3, -0.25) is 14.4 Å². The molecular weight excluding hydrogens is 569 g/mol. The van der Waals surface area contributed by atoms with Crippen LogP contribution < -0.4 is 16.3 Å². The summed E-state index contributed by atoms with van der Waals surface area (Å²) in [5.74, 6) is -3.11. The van der Waals surface area contributed by atoms with Crippen molar-refractivity contribution in [2.45, 2.75) is 12.7 Å². The van der Waals surface area contributed by atoms with Crippen LogP contribution in [0.5, 0.6) is 0 Å². The second-order valence-corrected chi connectivity index (χ2v) is 9.43. The largest absolute Gasteiger partial charge is 0.418 e. The van der Waals surface area contributed by atoms with Gasteiger partial charge in [-0.2, -0.15) is 13.2 Å². The lowest BCUT2D eigenvalue weighted by molar-refractivity contribution is -0.137. The van der Waals surface area contributed by atoms with Crippen molar-refractivity contribution in [1.82, 2.24) is 9.13 Å². The lowest BCUT2D eigenvalue weighted by atomic mass is 10.1. The number of hydrogen-bond donors (Lipinski definition) is 1. The predicted octanol–water partition coefficient (Wildman–Crippen LogP) is 6.40. The van der Waals surface area contributed by atoms with Gasteiger partial charge in [0.2, 0.25) is 0 Å². The molecule has 208 valence electrons. The van der Waals surface area contributed by atoms with Gasteiger partial charge in [0.05, 0.1) is 28.9 Å². The Kier molecular flexibility index (Phi) is 7.22. The van der Waals surface area contributed by atoms with E-state index < -0.39 is 51.5 Å². The summed E-state index contributed by atoms with van der Waals surface area (Å²) >= 11 is 5.90. The summed E-state index contributed by atoms with van der Waals surface area (Å²) in [7, 11) is 0. The molecule has 0 spiro atoms. The highest BCUT2D eigenvalue weighted by atomic mass is 35.5. The Hall–Kier alpha value is -4.77. The maximum absolute atomic E-state index is 14.2. The van der Waals surface area contributed by atoms with E-state index >= 15 is 0 Å². The minimum Gasteiger partial charge on any atom is -0.322 e. The first-order valence-electron chi connectivity index (χ1n) is 11.9. The minimum absolute atomic E-state index is 0.0704. The van der Waals surface area contributed by atoms with Crippen LogP contribution in [0.25, 0.3) is 16.6 Å². The Labute approximate surface area is 232 Å². The van der Waals surface area contributed by atoms with Crippen LogP contribution in [0.1, 0.15) is 21.5 Å². The van der Waals surface area contributed by atoms with E-state index in [1.807, 2.05) is 0 Å². The smallest absolute Gasteiger partial charge is 0.322 e. The second kappa shape index (κ2) is 10.7. The van der Waals surface area contributed by atoms with Crippen LogP contribution in [0.4, 0.5) is 27.6 Å². The van der Waals surface area contributed by atoms with Crippen LogP contribution in [-0.4, -0.2) is 15.0 Å². The zero-order chi connectivity index (χ0) is 29.5. The van der Waals surface area contributed by atoms with Crippen molar-refractivity contribution in [2.75, 3.05) is 5.32 Å². The summed E-state index contributed by atoms with van der Waals surface area (Å²) in [5.41, 5.74) is -3.43. The van der Waals surface area contributed by atoms with Gasteiger partial charge in [-0.25, -0.2) is 8.78 Å². The summed E-state index contributed by atoms with van der Waals surface area (Å²) in [5, 5.41) is 2.31. The molecule has 0 aliphatic heterocycles. The highest BCUT2D eigenvalue weighted by molar-refractivity contribution is 6.30. The van der Waals surface area contributed by atoms with E-state index in [0.29, 0.717) is 22.7 Å². The fourth-order valence-electron chi connectivity index (χ4n) is 4.34. The zero-order valence-corrected chi connectivity index (χ0v) is 21.4. The first-order valence-corrected chi connectivity index (χ1v) is 12.3. The van der Waals surface area contributed by atoms with Crippen LogP contribution >= 0.6 is 11.6 Å². The number of nitrogens with one attached hydrogen (secondary N) is 1. The second-order valence-electron chi connectivity index (χ2n) is 8.99. The number of carbonyl (C=O) groups excluding carboxylic acids is 1. The molecule has 5 rings (SSSR count). The number of benzene rings is 3. The quantitative estimate of drug-likeness (QED) is 0.243. The molecule has 0 saturated carbocycles. The summed E-state index contributed by atoms with van der Waals surface area (Å²) in [6, 6.07) is 13.9. The highest BCUT2D eigenvalue weighted by Gasteiger charge is 2.35. The molecule has 0 bridgehead atoms. The average Bonchev–Trinajstić information content (AvgIpc) is 2.92. The lowest BCUT2D eigenvalue weighted by Crippen LogP contribution is -2.26. The third kappa shape index (κ3) is 5.62. The van der Waals surface area contributed by atoms with E-state index in [4.69, 9.17) is 11.6 Å². The molecule has 5 aromatic rings. The molecule has 2 aromatic heterocycles. The topological polar surface area (TPSA) is 73.1 Å². The predicted molar refractivity (Wildman–Crippen MR) is 144 cm³/mol. The fourth-order valence-corrected chi connectivity index (χ4v) is 4.47. The van der Waals surface area contributed by atoms with Gasteiger partial charge in [-0.15, -0.1) is 0 Å². The summed E-state index contributed by atoms with van der Waals surface area (Å²) in [4.78, 5) is 38.4. The number of pyridine rings is 2. The van der Waals surface area contributed by atoms with Crippen molar-refractivity contribution in [3.63, 3.8) is 0 Å². The number of anilines is 1. The zero-order valence-electron chi connectivity index (χ0n) is 20.7. The molecule has 0 radical (unpaired) electrons. The van der Waals surface area contributed by atoms with Crippen molar-refractivity contribution < 1.29 is 26.7 Å². The van der Waals surface area contributed by atoms with Gasteiger partial charge in [0.1, 0.15) is 17.0 Å². The van der Waals surface area contributed by atoms with Crippen LogP contribution in [-0.2, 0) is 12.7 Å². The van der Waals surface area contributed by atoms with E-state index in [1.165, 1.54) is 16.8 Å². The van der Waals surface area contributed by atoms with Crippen molar-refractivity contribution in [1.29, 1.82) is 0 Å². The first-order chi connectivity index (χ1) is 19.4. The minimum atomic E-state index is -4.95. The molecule has 1 amide bonds. The Morgan fingerprint density at radius 3 is 2.32 bits per heavy atom. The molecular formula is C29H17ClF5N3O3. The van der Waals surface area contributed by atoms with Gasteiger partial charge in [0, 0.05) is 29.2 Å². The SMILES string of the molecule is O=C(Nc1ccc(-n2ccc(=O)c3c(=O)n(Cc4ccc(Cl)cc4)ccc32)c(C(F)(F)F)c1)c1cc(F)ccc1F. The number of rotatable bonds is 5. The number of carbonyl (C=O) groups is 1. The highest BCUT2D eigenvalue weighted by Crippen LogP contribution is 2.36. The van der Waals surface area contributed by atoms with Crippen LogP contribution in [0, 0.1) is 11.6 Å². The molecule has 1 N–H and O–H groups in total. The molecule has 0 aliphatic rings. The number of fused-ring (bicyclic) bond motifs is 1. The molecule has 3 aromatic carbocycles. The molecule has 12 heteroatoms. The first kappa shape index (κ1) is 27.8. The van der Waals surface area contributed by atoms with E-state index in [-0.39, 0.29) is 23.1 Å². The molecule has 6 nitrogen and oxygen atoms in total. The van der Waals surface area contributed by atoms with Crippen molar-refractivity contribution >= 4 is 34.1 Å². The van der Waals surface area contributed by atoms with Crippen molar-refractivity contribution in [3.8, 4) is 5.69 Å². The van der Waals surface area contributed by atoms with Crippen LogP contribution in [0.2, 0.25) is 5.02 Å². The van der Waals surface area contributed by atoms with Crippen molar-refractivity contribution in [3.05, 3.63) is 139 Å². The Bertz CT molecular complexity index is 1930. The Balaban J connectivity index is 1.58.